The normalized spacial score (nSPS) is 24.0. The fraction of sp³-hybridized carbons (Fsp3) is 0.571. The highest BCUT2D eigenvalue weighted by atomic mass is 35.5. The van der Waals surface area contributed by atoms with Gasteiger partial charge in [0, 0.05) is 22.7 Å². The van der Waals surface area contributed by atoms with E-state index in [1.54, 1.807) is 11.3 Å². The van der Waals surface area contributed by atoms with Crippen LogP contribution in [0.25, 0.3) is 0 Å². The van der Waals surface area contributed by atoms with E-state index in [0.717, 1.165) is 47.8 Å². The highest BCUT2D eigenvalue weighted by Gasteiger charge is 2.35. The number of halogens is 1. The average molecular weight is 410 g/mol. The largest absolute Gasteiger partial charge is 0.388 e. The third-order valence-electron chi connectivity index (χ3n) is 5.40. The van der Waals surface area contributed by atoms with Crippen LogP contribution in [0.15, 0.2) is 40.2 Å². The first kappa shape index (κ1) is 20.2. The van der Waals surface area contributed by atoms with Gasteiger partial charge in [0.15, 0.2) is 0 Å². The Bertz CT molecular complexity index is 647. The summed E-state index contributed by atoms with van der Waals surface area (Å²) >= 11 is 10.2. The zero-order valence-electron chi connectivity index (χ0n) is 15.3. The van der Waals surface area contributed by atoms with Crippen molar-refractivity contribution in [3.05, 3.63) is 47.0 Å². The molecule has 1 aliphatic carbocycles. The average Bonchev–Trinajstić information content (AvgIpc) is 3.30. The number of hydrogen-bond donors (Lipinski definition) is 1. The molecule has 0 aliphatic heterocycles. The lowest BCUT2D eigenvalue weighted by Gasteiger charge is -2.22. The van der Waals surface area contributed by atoms with Crippen molar-refractivity contribution in [3.8, 4) is 0 Å². The summed E-state index contributed by atoms with van der Waals surface area (Å²) in [6, 6.07) is 8.65. The molecule has 0 amide bonds. The van der Waals surface area contributed by atoms with Gasteiger partial charge in [0.25, 0.3) is 0 Å². The Morgan fingerprint density at radius 1 is 1.31 bits per heavy atom. The topological polar surface area (TPSA) is 33.1 Å². The molecule has 1 aliphatic rings. The van der Waals surface area contributed by atoms with Crippen molar-refractivity contribution >= 4 is 34.7 Å². The van der Waals surface area contributed by atoms with Crippen LogP contribution in [0.1, 0.15) is 68.6 Å². The van der Waals surface area contributed by atoms with Gasteiger partial charge in [0.1, 0.15) is 4.34 Å². The van der Waals surface area contributed by atoms with E-state index in [1.807, 2.05) is 23.3 Å². The van der Waals surface area contributed by atoms with Gasteiger partial charge in [-0.1, -0.05) is 55.8 Å². The van der Waals surface area contributed by atoms with E-state index in [0.29, 0.717) is 11.8 Å². The third kappa shape index (κ3) is 5.25. The number of aliphatic hydroxyl groups is 1. The van der Waals surface area contributed by atoms with Crippen molar-refractivity contribution in [2.24, 2.45) is 5.92 Å². The van der Waals surface area contributed by atoms with Crippen molar-refractivity contribution in [1.82, 2.24) is 4.98 Å². The fourth-order valence-electron chi connectivity index (χ4n) is 3.91. The second-order valence-electron chi connectivity index (χ2n) is 7.12. The monoisotopic (exact) mass is 409 g/mol. The minimum Gasteiger partial charge on any atom is -0.388 e. The van der Waals surface area contributed by atoms with Crippen LogP contribution in [-0.4, -0.2) is 21.2 Å². The lowest BCUT2D eigenvalue weighted by atomic mass is 9.86. The molecule has 1 heterocycles. The predicted molar refractivity (Wildman–Crippen MR) is 113 cm³/mol. The summed E-state index contributed by atoms with van der Waals surface area (Å²) in [5, 5.41) is 12.6. The number of thiazole rings is 1. The predicted octanol–water partition coefficient (Wildman–Crippen LogP) is 6.65. The van der Waals surface area contributed by atoms with Crippen LogP contribution in [0.2, 0.25) is 0 Å². The molecule has 1 saturated carbocycles. The first-order chi connectivity index (χ1) is 12.7. The highest BCUT2D eigenvalue weighted by molar-refractivity contribution is 8.00. The molecule has 0 saturated heterocycles. The Balaban J connectivity index is 1.59. The lowest BCUT2D eigenvalue weighted by molar-refractivity contribution is 0.164. The number of thioether (sulfide) groups is 1. The lowest BCUT2D eigenvalue weighted by Crippen LogP contribution is -2.15. The summed E-state index contributed by atoms with van der Waals surface area (Å²) in [6.07, 6.45) is 7.96. The fourth-order valence-corrected chi connectivity index (χ4v) is 6.08. The van der Waals surface area contributed by atoms with Gasteiger partial charge in [0.2, 0.25) is 0 Å². The molecule has 2 nitrogen and oxygen atoms in total. The SMILES string of the molecule is CCCCC(O)c1ccc(C2CCC(Cl)C2CCSc2nccs2)cc1. The number of rotatable bonds is 9. The van der Waals surface area contributed by atoms with Crippen LogP contribution in [0.5, 0.6) is 0 Å². The minimum absolute atomic E-state index is 0.270. The molecule has 1 fully saturated rings. The molecule has 2 aromatic rings. The standard InChI is InChI=1S/C21H28ClNOS2/c1-2-3-4-20(24)16-7-5-15(6-8-16)17-9-10-19(22)18(17)11-13-25-21-23-12-14-26-21/h5-8,12,14,17-20,24H,2-4,9-11,13H2,1H3. The quantitative estimate of drug-likeness (QED) is 0.371. The highest BCUT2D eigenvalue weighted by Crippen LogP contribution is 2.45. The van der Waals surface area contributed by atoms with Gasteiger partial charge in [0.05, 0.1) is 6.10 Å². The van der Waals surface area contributed by atoms with Crippen LogP contribution in [-0.2, 0) is 0 Å². The molecule has 4 atom stereocenters. The van der Waals surface area contributed by atoms with Crippen LogP contribution in [0.3, 0.4) is 0 Å². The maximum atomic E-state index is 10.3. The van der Waals surface area contributed by atoms with E-state index in [4.69, 9.17) is 11.6 Å². The molecule has 0 radical (unpaired) electrons. The number of alkyl halides is 1. The second kappa shape index (κ2) is 10.1. The van der Waals surface area contributed by atoms with Gasteiger partial charge in [-0.25, -0.2) is 4.98 Å². The summed E-state index contributed by atoms with van der Waals surface area (Å²) in [5.74, 6) is 2.14. The molecule has 142 valence electrons. The van der Waals surface area contributed by atoms with E-state index in [1.165, 1.54) is 12.0 Å². The number of hydrogen-bond acceptors (Lipinski definition) is 4. The maximum absolute atomic E-state index is 10.3. The maximum Gasteiger partial charge on any atom is 0.149 e. The van der Waals surface area contributed by atoms with Crippen LogP contribution < -0.4 is 0 Å². The first-order valence-electron chi connectivity index (χ1n) is 9.63. The van der Waals surface area contributed by atoms with E-state index in [2.05, 4.69) is 36.2 Å². The summed E-state index contributed by atoms with van der Waals surface area (Å²) in [4.78, 5) is 4.35. The molecule has 1 aromatic heterocycles. The van der Waals surface area contributed by atoms with Gasteiger partial charge in [-0.3, -0.25) is 0 Å². The molecule has 1 N–H and O–H groups in total. The van der Waals surface area contributed by atoms with Gasteiger partial charge >= 0.3 is 0 Å². The summed E-state index contributed by atoms with van der Waals surface area (Å²) < 4.78 is 1.15. The molecular weight excluding hydrogens is 382 g/mol. The van der Waals surface area contributed by atoms with Crippen molar-refractivity contribution in [2.45, 2.75) is 67.2 Å². The molecule has 0 spiro atoms. The number of nitrogens with zero attached hydrogens (tertiary/aromatic N) is 1. The zero-order valence-corrected chi connectivity index (χ0v) is 17.7. The van der Waals surface area contributed by atoms with Crippen molar-refractivity contribution in [2.75, 3.05) is 5.75 Å². The van der Waals surface area contributed by atoms with Crippen LogP contribution in [0.4, 0.5) is 0 Å². The third-order valence-corrected chi connectivity index (χ3v) is 7.94. The molecule has 26 heavy (non-hydrogen) atoms. The number of benzene rings is 1. The molecule has 1 aromatic carbocycles. The molecule has 3 rings (SSSR count). The van der Waals surface area contributed by atoms with Crippen LogP contribution in [0, 0.1) is 5.92 Å². The Morgan fingerprint density at radius 3 is 2.81 bits per heavy atom. The van der Waals surface area contributed by atoms with Crippen molar-refractivity contribution in [1.29, 1.82) is 0 Å². The first-order valence-corrected chi connectivity index (χ1v) is 11.9. The zero-order chi connectivity index (χ0) is 18.4. The van der Waals surface area contributed by atoms with Gasteiger partial charge in [-0.2, -0.15) is 0 Å². The molecule has 0 bridgehead atoms. The van der Waals surface area contributed by atoms with Gasteiger partial charge < -0.3 is 5.11 Å². The summed E-state index contributed by atoms with van der Waals surface area (Å²) in [7, 11) is 0. The summed E-state index contributed by atoms with van der Waals surface area (Å²) in [6.45, 7) is 2.16. The van der Waals surface area contributed by atoms with Crippen LogP contribution >= 0.6 is 34.7 Å². The van der Waals surface area contributed by atoms with Crippen molar-refractivity contribution < 1.29 is 5.11 Å². The van der Waals surface area contributed by atoms with Gasteiger partial charge in [-0.15, -0.1) is 22.9 Å². The summed E-state index contributed by atoms with van der Waals surface area (Å²) in [5.41, 5.74) is 2.42. The molecule has 5 heteroatoms. The number of aromatic nitrogens is 1. The van der Waals surface area contributed by atoms with E-state index in [9.17, 15) is 5.11 Å². The second-order valence-corrected chi connectivity index (χ2v) is 9.92. The Labute approximate surface area is 170 Å². The Hall–Kier alpha value is -0.550. The Morgan fingerprint density at radius 2 is 2.12 bits per heavy atom. The Kier molecular flexibility index (Phi) is 7.86. The van der Waals surface area contributed by atoms with Gasteiger partial charge in [-0.05, 0) is 48.6 Å². The van der Waals surface area contributed by atoms with Crippen molar-refractivity contribution in [3.63, 3.8) is 0 Å². The molecule has 4 unspecified atom stereocenters. The number of aliphatic hydroxyl groups excluding tert-OH is 1. The number of unbranched alkanes of at least 4 members (excludes halogenated alkanes) is 1. The van der Waals surface area contributed by atoms with E-state index >= 15 is 0 Å². The molecular formula is C21H28ClNOS2. The van der Waals surface area contributed by atoms with E-state index < -0.39 is 0 Å². The van der Waals surface area contributed by atoms with E-state index in [-0.39, 0.29) is 11.5 Å². The smallest absolute Gasteiger partial charge is 0.149 e. The minimum atomic E-state index is -0.334.